The Morgan fingerprint density at radius 3 is 1.26 bits per heavy atom. The Morgan fingerprint density at radius 2 is 0.674 bits per heavy atom. The third kappa shape index (κ3) is 4.49. The van der Waals surface area contributed by atoms with E-state index in [-0.39, 0.29) is 0 Å². The van der Waals surface area contributed by atoms with Crippen molar-refractivity contribution in [1.29, 1.82) is 0 Å². The van der Waals surface area contributed by atoms with E-state index in [4.69, 9.17) is 15.0 Å². The highest BCUT2D eigenvalue weighted by atomic mass is 15.0. The van der Waals surface area contributed by atoms with Crippen molar-refractivity contribution in [1.82, 2.24) is 15.0 Å². The van der Waals surface area contributed by atoms with E-state index in [0.29, 0.717) is 17.5 Å². The maximum atomic E-state index is 4.99. The Hall–Kier alpha value is -6.19. The topological polar surface area (TPSA) is 38.7 Å². The van der Waals surface area contributed by atoms with Gasteiger partial charge in [-0.15, -0.1) is 0 Å². The van der Waals surface area contributed by atoms with Crippen molar-refractivity contribution < 1.29 is 0 Å². The Bertz CT molecular complexity index is 2470. The zero-order valence-electron chi connectivity index (χ0n) is 24.9. The summed E-state index contributed by atoms with van der Waals surface area (Å²) in [7, 11) is 0. The summed E-state index contributed by atoms with van der Waals surface area (Å²) < 4.78 is 0. The van der Waals surface area contributed by atoms with E-state index < -0.39 is 0 Å². The summed E-state index contributed by atoms with van der Waals surface area (Å²) in [5.74, 6) is 1.96. The monoisotopic (exact) mass is 585 g/mol. The molecular formula is C43H27N3. The molecule has 0 atom stereocenters. The summed E-state index contributed by atoms with van der Waals surface area (Å²) in [5.41, 5.74) is 7.57. The van der Waals surface area contributed by atoms with Crippen LogP contribution in [0.15, 0.2) is 164 Å². The molecule has 0 saturated carbocycles. The number of aromatic nitrogens is 3. The number of benzene rings is 8. The quantitative estimate of drug-likeness (QED) is 0.189. The van der Waals surface area contributed by atoms with Crippen LogP contribution >= 0.6 is 0 Å². The highest BCUT2D eigenvalue weighted by Gasteiger charge is 2.15. The molecule has 0 bridgehead atoms. The van der Waals surface area contributed by atoms with Crippen LogP contribution in [-0.2, 0) is 0 Å². The minimum absolute atomic E-state index is 0.651. The van der Waals surface area contributed by atoms with Crippen molar-refractivity contribution in [3.8, 4) is 56.4 Å². The summed E-state index contributed by atoms with van der Waals surface area (Å²) in [5, 5.41) is 7.74. The fourth-order valence-electron chi connectivity index (χ4n) is 6.58. The van der Waals surface area contributed by atoms with Gasteiger partial charge in [-0.05, 0) is 54.6 Å². The molecular weight excluding hydrogens is 558 g/mol. The summed E-state index contributed by atoms with van der Waals surface area (Å²) in [6.45, 7) is 0. The highest BCUT2D eigenvalue weighted by molar-refractivity contribution is 6.25. The second-order valence-corrected chi connectivity index (χ2v) is 11.7. The van der Waals surface area contributed by atoms with Crippen LogP contribution in [0.3, 0.4) is 0 Å². The Morgan fingerprint density at radius 1 is 0.261 bits per heavy atom. The SMILES string of the molecule is c1ccc(-c2ccc(-c3nc(-c4ccccc4)nc(-c4ccc(-c5ccc6ccc7cccc8ccc5c6c78)cc4)n3)cc2)cc1. The van der Waals surface area contributed by atoms with Gasteiger partial charge >= 0.3 is 0 Å². The minimum Gasteiger partial charge on any atom is -0.208 e. The van der Waals surface area contributed by atoms with Crippen molar-refractivity contribution in [2.24, 2.45) is 0 Å². The van der Waals surface area contributed by atoms with Gasteiger partial charge in [0.1, 0.15) is 0 Å². The van der Waals surface area contributed by atoms with Gasteiger partial charge in [0.15, 0.2) is 17.5 Å². The lowest BCUT2D eigenvalue weighted by Gasteiger charge is -2.14. The van der Waals surface area contributed by atoms with Gasteiger partial charge in [0, 0.05) is 16.7 Å². The van der Waals surface area contributed by atoms with E-state index >= 15 is 0 Å². The molecule has 0 fully saturated rings. The first-order valence-electron chi connectivity index (χ1n) is 15.5. The van der Waals surface area contributed by atoms with Crippen LogP contribution in [0.2, 0.25) is 0 Å². The van der Waals surface area contributed by atoms with Gasteiger partial charge in [0.05, 0.1) is 0 Å². The van der Waals surface area contributed by atoms with Gasteiger partial charge in [-0.2, -0.15) is 0 Å². The molecule has 0 aliphatic rings. The predicted molar refractivity (Wildman–Crippen MR) is 191 cm³/mol. The molecule has 3 nitrogen and oxygen atoms in total. The van der Waals surface area contributed by atoms with E-state index in [2.05, 4.69) is 127 Å². The smallest absolute Gasteiger partial charge is 0.164 e. The van der Waals surface area contributed by atoms with Crippen LogP contribution in [0.4, 0.5) is 0 Å². The lowest BCUT2D eigenvalue weighted by atomic mass is 9.90. The lowest BCUT2D eigenvalue weighted by molar-refractivity contribution is 1.07. The highest BCUT2D eigenvalue weighted by Crippen LogP contribution is 2.39. The number of hydrogen-bond donors (Lipinski definition) is 0. The second kappa shape index (κ2) is 10.8. The van der Waals surface area contributed by atoms with E-state index in [0.717, 1.165) is 27.8 Å². The van der Waals surface area contributed by atoms with Gasteiger partial charge in [0.25, 0.3) is 0 Å². The maximum absolute atomic E-state index is 4.99. The van der Waals surface area contributed by atoms with E-state index in [1.165, 1.54) is 43.4 Å². The number of nitrogens with zero attached hydrogens (tertiary/aromatic N) is 3. The molecule has 9 rings (SSSR count). The molecule has 0 N–H and O–H groups in total. The summed E-state index contributed by atoms with van der Waals surface area (Å²) in [4.78, 5) is 14.9. The Balaban J connectivity index is 1.13. The van der Waals surface area contributed by atoms with Crippen molar-refractivity contribution in [2.75, 3.05) is 0 Å². The molecule has 1 heterocycles. The molecule has 0 aliphatic carbocycles. The van der Waals surface area contributed by atoms with Gasteiger partial charge < -0.3 is 0 Å². The summed E-state index contributed by atoms with van der Waals surface area (Å²) >= 11 is 0. The molecule has 214 valence electrons. The van der Waals surface area contributed by atoms with E-state index in [1.54, 1.807) is 0 Å². The van der Waals surface area contributed by atoms with Crippen LogP contribution in [0.1, 0.15) is 0 Å². The molecule has 0 saturated heterocycles. The maximum Gasteiger partial charge on any atom is 0.164 e. The molecule has 3 heteroatoms. The van der Waals surface area contributed by atoms with Crippen molar-refractivity contribution in [3.05, 3.63) is 164 Å². The summed E-state index contributed by atoms with van der Waals surface area (Å²) in [6, 6.07) is 57.5. The molecule has 0 amide bonds. The molecule has 0 radical (unpaired) electrons. The first-order valence-corrected chi connectivity index (χ1v) is 15.5. The van der Waals surface area contributed by atoms with Crippen molar-refractivity contribution in [3.63, 3.8) is 0 Å². The first kappa shape index (κ1) is 26.2. The fraction of sp³-hybridized carbons (Fsp3) is 0. The van der Waals surface area contributed by atoms with Crippen LogP contribution in [-0.4, -0.2) is 15.0 Å². The normalized spacial score (nSPS) is 11.5. The van der Waals surface area contributed by atoms with Gasteiger partial charge in [-0.3, -0.25) is 0 Å². The van der Waals surface area contributed by atoms with Crippen molar-refractivity contribution in [2.45, 2.75) is 0 Å². The average molecular weight is 586 g/mol. The van der Waals surface area contributed by atoms with Crippen LogP contribution < -0.4 is 0 Å². The molecule has 46 heavy (non-hydrogen) atoms. The predicted octanol–water partition coefficient (Wildman–Crippen LogP) is 11.1. The van der Waals surface area contributed by atoms with Crippen LogP contribution in [0, 0.1) is 0 Å². The Labute approximate surface area is 266 Å². The molecule has 1 aromatic heterocycles. The molecule has 8 aromatic carbocycles. The average Bonchev–Trinajstić information content (AvgIpc) is 3.14. The van der Waals surface area contributed by atoms with Crippen LogP contribution in [0.5, 0.6) is 0 Å². The lowest BCUT2D eigenvalue weighted by Crippen LogP contribution is -2.00. The third-order valence-electron chi connectivity index (χ3n) is 8.90. The van der Waals surface area contributed by atoms with Gasteiger partial charge in [-0.25, -0.2) is 15.0 Å². The Kier molecular flexibility index (Phi) is 6.14. The minimum atomic E-state index is 0.651. The molecule has 0 spiro atoms. The summed E-state index contributed by atoms with van der Waals surface area (Å²) in [6.07, 6.45) is 0. The third-order valence-corrected chi connectivity index (χ3v) is 8.90. The fourth-order valence-corrected chi connectivity index (χ4v) is 6.58. The van der Waals surface area contributed by atoms with Gasteiger partial charge in [-0.1, -0.05) is 164 Å². The number of rotatable bonds is 5. The van der Waals surface area contributed by atoms with Crippen LogP contribution in [0.25, 0.3) is 88.7 Å². The number of hydrogen-bond acceptors (Lipinski definition) is 3. The molecule has 0 aliphatic heterocycles. The van der Waals surface area contributed by atoms with E-state index in [1.807, 2.05) is 36.4 Å². The molecule has 0 unspecified atom stereocenters. The first-order chi connectivity index (χ1) is 22.8. The molecule has 9 aromatic rings. The standard InChI is InChI=1S/C43H27N3/c1-3-8-28(9-4-1)29-14-20-35(21-15-29)42-44-41(34-10-5-2-6-11-34)45-43(46-42)36-22-16-30(17-23-36)37-26-24-33-19-18-31-12-7-13-32-25-27-38(37)40(33)39(31)32/h1-27H. The van der Waals surface area contributed by atoms with Crippen molar-refractivity contribution >= 4 is 32.3 Å². The largest absolute Gasteiger partial charge is 0.208 e. The van der Waals surface area contributed by atoms with Gasteiger partial charge in [0.2, 0.25) is 0 Å². The second-order valence-electron chi connectivity index (χ2n) is 11.7. The zero-order valence-corrected chi connectivity index (χ0v) is 24.9. The zero-order chi connectivity index (χ0) is 30.5. The van der Waals surface area contributed by atoms with E-state index in [9.17, 15) is 0 Å².